The number of carbonyl (C=O) groups is 1. The van der Waals surface area contributed by atoms with E-state index in [0.717, 1.165) is 12.1 Å². The minimum Gasteiger partial charge on any atom is -0.478 e. The van der Waals surface area contributed by atoms with E-state index in [1.165, 1.54) is 0 Å². The molecule has 80 valence electrons. The summed E-state index contributed by atoms with van der Waals surface area (Å²) in [7, 11) is 0. The van der Waals surface area contributed by atoms with Crippen LogP contribution in [-0.2, 0) is 0 Å². The Labute approximate surface area is 87.6 Å². The van der Waals surface area contributed by atoms with Gasteiger partial charge in [-0.3, -0.25) is 0 Å². The fraction of sp³-hybridized carbons (Fsp3) is 0.364. The van der Waals surface area contributed by atoms with E-state index in [2.05, 4.69) is 5.32 Å². The Hall–Kier alpha value is -1.39. The zero-order valence-corrected chi connectivity index (χ0v) is 8.18. The number of rotatable bonds is 2. The van der Waals surface area contributed by atoms with Crippen molar-refractivity contribution in [1.29, 1.82) is 0 Å². The van der Waals surface area contributed by atoms with Crippen LogP contribution >= 0.6 is 0 Å². The van der Waals surface area contributed by atoms with Gasteiger partial charge in [-0.15, -0.1) is 0 Å². The average molecular weight is 207 g/mol. The smallest absolute Gasteiger partial charge is 0.335 e. The Bertz CT molecular complexity index is 378. The van der Waals surface area contributed by atoms with Gasteiger partial charge >= 0.3 is 5.97 Å². The number of nitrogens with one attached hydrogen (secondary N) is 1. The molecule has 1 heterocycles. The molecule has 1 aliphatic heterocycles. The Balaban J connectivity index is 2.28. The Morgan fingerprint density at radius 2 is 2.27 bits per heavy atom. The first kappa shape index (κ1) is 10.1. The molecule has 0 spiro atoms. The number of aliphatic hydroxyl groups is 1. The normalized spacial score (nSPS) is 25.4. The van der Waals surface area contributed by atoms with Gasteiger partial charge in [-0.25, -0.2) is 4.79 Å². The molecule has 0 amide bonds. The molecule has 0 radical (unpaired) electrons. The number of hydrogen-bond acceptors (Lipinski definition) is 3. The van der Waals surface area contributed by atoms with E-state index in [-0.39, 0.29) is 11.6 Å². The van der Waals surface area contributed by atoms with Gasteiger partial charge in [0.1, 0.15) is 0 Å². The first-order valence-corrected chi connectivity index (χ1v) is 4.93. The molecule has 2 rings (SSSR count). The summed E-state index contributed by atoms with van der Waals surface area (Å²) in [6, 6.07) is 6.55. The number of carboxylic acids is 1. The quantitative estimate of drug-likeness (QED) is 0.670. The van der Waals surface area contributed by atoms with Gasteiger partial charge in [0.2, 0.25) is 0 Å². The van der Waals surface area contributed by atoms with Crippen LogP contribution in [0, 0.1) is 0 Å². The molecular formula is C11H13NO3. The fourth-order valence-corrected chi connectivity index (χ4v) is 1.89. The molecule has 0 saturated carbocycles. The molecule has 1 fully saturated rings. The monoisotopic (exact) mass is 207 g/mol. The third-order valence-corrected chi connectivity index (χ3v) is 2.68. The van der Waals surface area contributed by atoms with E-state index < -0.39 is 12.1 Å². The first-order valence-electron chi connectivity index (χ1n) is 4.93. The van der Waals surface area contributed by atoms with Crippen LogP contribution in [0.25, 0.3) is 0 Å². The highest BCUT2D eigenvalue weighted by atomic mass is 16.4. The Morgan fingerprint density at radius 1 is 1.47 bits per heavy atom. The summed E-state index contributed by atoms with van der Waals surface area (Å²) in [4.78, 5) is 10.8. The van der Waals surface area contributed by atoms with Crippen LogP contribution in [-0.4, -0.2) is 28.8 Å². The number of hydrogen-bond donors (Lipinski definition) is 3. The lowest BCUT2D eigenvalue weighted by molar-refractivity contribution is 0.0696. The summed E-state index contributed by atoms with van der Waals surface area (Å²) < 4.78 is 0. The molecule has 2 unspecified atom stereocenters. The lowest BCUT2D eigenvalue weighted by Gasteiger charge is -2.15. The highest BCUT2D eigenvalue weighted by molar-refractivity contribution is 5.87. The fourth-order valence-electron chi connectivity index (χ4n) is 1.89. The molecule has 2 atom stereocenters. The molecule has 1 aromatic carbocycles. The van der Waals surface area contributed by atoms with Gasteiger partial charge < -0.3 is 15.5 Å². The topological polar surface area (TPSA) is 69.6 Å². The van der Waals surface area contributed by atoms with E-state index >= 15 is 0 Å². The minimum atomic E-state index is -0.940. The largest absolute Gasteiger partial charge is 0.478 e. The SMILES string of the molecule is O=C(O)c1cccc(C2NCCC2O)c1. The second-order valence-corrected chi connectivity index (χ2v) is 3.72. The molecule has 1 saturated heterocycles. The molecule has 1 aromatic rings. The van der Waals surface area contributed by atoms with Crippen molar-refractivity contribution < 1.29 is 15.0 Å². The molecular weight excluding hydrogens is 194 g/mol. The number of carboxylic acid groups (broad SMARTS) is 1. The maximum absolute atomic E-state index is 10.8. The Kier molecular flexibility index (Phi) is 2.70. The van der Waals surface area contributed by atoms with Crippen LogP contribution in [0.4, 0.5) is 0 Å². The predicted octanol–water partition coefficient (Wildman–Crippen LogP) is 0.780. The van der Waals surface area contributed by atoms with Crippen LogP contribution in [0.3, 0.4) is 0 Å². The van der Waals surface area contributed by atoms with Gasteiger partial charge in [-0.2, -0.15) is 0 Å². The molecule has 4 heteroatoms. The van der Waals surface area contributed by atoms with Crippen molar-refractivity contribution in [2.24, 2.45) is 0 Å². The van der Waals surface area contributed by atoms with Crippen LogP contribution in [0.15, 0.2) is 24.3 Å². The summed E-state index contributed by atoms with van der Waals surface area (Å²) >= 11 is 0. The van der Waals surface area contributed by atoms with Crippen LogP contribution in [0.1, 0.15) is 28.4 Å². The molecule has 15 heavy (non-hydrogen) atoms. The molecule has 0 aliphatic carbocycles. The van der Waals surface area contributed by atoms with E-state index in [4.69, 9.17) is 5.11 Å². The molecule has 0 aromatic heterocycles. The Morgan fingerprint density at radius 3 is 2.87 bits per heavy atom. The van der Waals surface area contributed by atoms with Gasteiger partial charge in [-0.05, 0) is 30.7 Å². The van der Waals surface area contributed by atoms with Gasteiger partial charge in [0.15, 0.2) is 0 Å². The molecule has 4 nitrogen and oxygen atoms in total. The lowest BCUT2D eigenvalue weighted by Crippen LogP contribution is -2.21. The number of aromatic carboxylic acids is 1. The van der Waals surface area contributed by atoms with Gasteiger partial charge in [0, 0.05) is 0 Å². The zero-order valence-electron chi connectivity index (χ0n) is 8.18. The lowest BCUT2D eigenvalue weighted by atomic mass is 10.0. The van der Waals surface area contributed by atoms with Crippen LogP contribution in [0.5, 0.6) is 0 Å². The minimum absolute atomic E-state index is 0.135. The van der Waals surface area contributed by atoms with Crippen molar-refractivity contribution >= 4 is 5.97 Å². The number of benzene rings is 1. The predicted molar refractivity (Wildman–Crippen MR) is 54.8 cm³/mol. The molecule has 1 aliphatic rings. The van der Waals surface area contributed by atoms with Crippen molar-refractivity contribution in [3.05, 3.63) is 35.4 Å². The van der Waals surface area contributed by atoms with Crippen LogP contribution in [0.2, 0.25) is 0 Å². The maximum Gasteiger partial charge on any atom is 0.335 e. The van der Waals surface area contributed by atoms with E-state index in [1.54, 1.807) is 18.2 Å². The van der Waals surface area contributed by atoms with Gasteiger partial charge in [0.05, 0.1) is 17.7 Å². The van der Waals surface area contributed by atoms with E-state index in [9.17, 15) is 9.90 Å². The van der Waals surface area contributed by atoms with Crippen molar-refractivity contribution in [3.63, 3.8) is 0 Å². The van der Waals surface area contributed by atoms with E-state index in [0.29, 0.717) is 6.42 Å². The van der Waals surface area contributed by atoms with Crippen molar-refractivity contribution in [2.45, 2.75) is 18.6 Å². The highest BCUT2D eigenvalue weighted by Crippen LogP contribution is 2.24. The van der Waals surface area contributed by atoms with Crippen molar-refractivity contribution in [2.75, 3.05) is 6.54 Å². The summed E-state index contributed by atoms with van der Waals surface area (Å²) in [6.45, 7) is 0.767. The highest BCUT2D eigenvalue weighted by Gasteiger charge is 2.26. The third kappa shape index (κ3) is 2.00. The summed E-state index contributed by atoms with van der Waals surface area (Å²) in [5, 5.41) is 21.6. The van der Waals surface area contributed by atoms with Gasteiger partial charge in [-0.1, -0.05) is 12.1 Å². The first-order chi connectivity index (χ1) is 7.18. The number of aliphatic hydroxyl groups excluding tert-OH is 1. The summed E-state index contributed by atoms with van der Waals surface area (Å²) in [6.07, 6.45) is 0.288. The van der Waals surface area contributed by atoms with Gasteiger partial charge in [0.25, 0.3) is 0 Å². The second kappa shape index (κ2) is 4.00. The molecule has 0 bridgehead atoms. The van der Waals surface area contributed by atoms with Crippen molar-refractivity contribution in [3.8, 4) is 0 Å². The van der Waals surface area contributed by atoms with Crippen molar-refractivity contribution in [1.82, 2.24) is 5.32 Å². The molecule has 3 N–H and O–H groups in total. The zero-order chi connectivity index (χ0) is 10.8. The summed E-state index contributed by atoms with van der Waals surface area (Å²) in [5.74, 6) is -0.940. The van der Waals surface area contributed by atoms with Crippen LogP contribution < -0.4 is 5.32 Å². The van der Waals surface area contributed by atoms with E-state index in [1.807, 2.05) is 6.07 Å². The average Bonchev–Trinajstić information content (AvgIpc) is 2.64. The standard InChI is InChI=1S/C11H13NO3/c13-9-4-5-12-10(9)7-2-1-3-8(6-7)11(14)15/h1-3,6,9-10,12-13H,4-5H2,(H,14,15). The maximum atomic E-state index is 10.8. The second-order valence-electron chi connectivity index (χ2n) is 3.72. The third-order valence-electron chi connectivity index (χ3n) is 2.68. The summed E-state index contributed by atoms with van der Waals surface area (Å²) in [5.41, 5.74) is 1.09.